The molecule has 1 aliphatic rings. The Bertz CT molecular complexity index is 353. The van der Waals surface area contributed by atoms with E-state index in [2.05, 4.69) is 15.9 Å². The largest absolute Gasteiger partial charge is 0.330 e. The molecule has 3 heteroatoms. The molecule has 0 heterocycles. The topological polar surface area (TPSA) is 26.0 Å². The monoisotopic (exact) mass is 271 g/mol. The summed E-state index contributed by atoms with van der Waals surface area (Å²) in [6.45, 7) is 0.663. The molecular weight excluding hydrogens is 257 g/mol. The molecule has 0 spiro atoms. The lowest BCUT2D eigenvalue weighted by Crippen LogP contribution is -2.18. The Kier molecular flexibility index (Phi) is 3.42. The van der Waals surface area contributed by atoms with Crippen LogP contribution in [-0.4, -0.2) is 6.54 Å². The SMILES string of the molecule is NCC1CCCC1c1cccc(Br)c1F. The molecule has 1 saturated carbocycles. The highest BCUT2D eigenvalue weighted by Crippen LogP contribution is 2.40. The van der Waals surface area contributed by atoms with Crippen LogP contribution in [0.1, 0.15) is 30.7 Å². The molecule has 0 amide bonds. The Morgan fingerprint density at radius 3 is 2.93 bits per heavy atom. The van der Waals surface area contributed by atoms with Gasteiger partial charge in [-0.25, -0.2) is 4.39 Å². The van der Waals surface area contributed by atoms with Gasteiger partial charge in [-0.15, -0.1) is 0 Å². The lowest BCUT2D eigenvalue weighted by molar-refractivity contribution is 0.473. The van der Waals surface area contributed by atoms with Crippen molar-refractivity contribution in [2.24, 2.45) is 11.7 Å². The van der Waals surface area contributed by atoms with Gasteiger partial charge >= 0.3 is 0 Å². The van der Waals surface area contributed by atoms with Gasteiger partial charge in [-0.3, -0.25) is 0 Å². The van der Waals surface area contributed by atoms with Gasteiger partial charge < -0.3 is 5.73 Å². The van der Waals surface area contributed by atoms with Crippen molar-refractivity contribution in [3.63, 3.8) is 0 Å². The Hall–Kier alpha value is -0.410. The van der Waals surface area contributed by atoms with E-state index in [9.17, 15) is 4.39 Å². The average molecular weight is 272 g/mol. The van der Waals surface area contributed by atoms with E-state index in [1.54, 1.807) is 6.07 Å². The molecule has 2 rings (SSSR count). The molecule has 1 aromatic carbocycles. The second-order valence-electron chi connectivity index (χ2n) is 4.18. The molecular formula is C12H15BrFN. The number of halogens is 2. The van der Waals surface area contributed by atoms with Crippen LogP contribution in [0.3, 0.4) is 0 Å². The van der Waals surface area contributed by atoms with E-state index in [0.717, 1.165) is 18.4 Å². The zero-order valence-corrected chi connectivity index (χ0v) is 10.1. The van der Waals surface area contributed by atoms with Gasteiger partial charge in [-0.05, 0) is 58.8 Å². The summed E-state index contributed by atoms with van der Waals surface area (Å²) in [5, 5.41) is 0. The maximum Gasteiger partial charge on any atom is 0.140 e. The van der Waals surface area contributed by atoms with Crippen LogP contribution in [0.2, 0.25) is 0 Å². The third-order valence-electron chi connectivity index (χ3n) is 3.34. The molecule has 15 heavy (non-hydrogen) atoms. The van der Waals surface area contributed by atoms with E-state index < -0.39 is 0 Å². The minimum atomic E-state index is -0.108. The third-order valence-corrected chi connectivity index (χ3v) is 3.96. The van der Waals surface area contributed by atoms with Crippen LogP contribution in [0.5, 0.6) is 0 Å². The Labute approximate surface area is 98.0 Å². The van der Waals surface area contributed by atoms with Gasteiger partial charge in [-0.2, -0.15) is 0 Å². The van der Waals surface area contributed by atoms with Crippen LogP contribution in [0.4, 0.5) is 4.39 Å². The normalized spacial score (nSPS) is 25.8. The number of rotatable bonds is 2. The van der Waals surface area contributed by atoms with Gasteiger partial charge in [0.15, 0.2) is 0 Å². The fourth-order valence-electron chi connectivity index (χ4n) is 2.54. The predicted octanol–water partition coefficient (Wildman–Crippen LogP) is 3.43. The fraction of sp³-hybridized carbons (Fsp3) is 0.500. The quantitative estimate of drug-likeness (QED) is 0.877. The first-order chi connectivity index (χ1) is 7.24. The molecule has 1 fully saturated rings. The summed E-state index contributed by atoms with van der Waals surface area (Å²) < 4.78 is 14.4. The smallest absolute Gasteiger partial charge is 0.140 e. The molecule has 2 atom stereocenters. The molecule has 1 aromatic rings. The van der Waals surface area contributed by atoms with Gasteiger partial charge in [0.25, 0.3) is 0 Å². The van der Waals surface area contributed by atoms with E-state index in [1.807, 2.05) is 12.1 Å². The van der Waals surface area contributed by atoms with Crippen LogP contribution < -0.4 is 5.73 Å². The number of nitrogens with two attached hydrogens (primary N) is 1. The van der Waals surface area contributed by atoms with Gasteiger partial charge in [0.05, 0.1) is 4.47 Å². The fourth-order valence-corrected chi connectivity index (χ4v) is 2.92. The average Bonchev–Trinajstić information content (AvgIpc) is 2.70. The molecule has 0 radical (unpaired) electrons. The van der Waals surface area contributed by atoms with E-state index in [1.165, 1.54) is 6.42 Å². The van der Waals surface area contributed by atoms with Crippen LogP contribution >= 0.6 is 15.9 Å². The molecule has 82 valence electrons. The predicted molar refractivity (Wildman–Crippen MR) is 63.2 cm³/mol. The third kappa shape index (κ3) is 2.08. The number of benzene rings is 1. The van der Waals surface area contributed by atoms with Crippen LogP contribution in [0.15, 0.2) is 22.7 Å². The highest BCUT2D eigenvalue weighted by Gasteiger charge is 2.29. The van der Waals surface area contributed by atoms with Gasteiger partial charge in [0, 0.05) is 0 Å². The zero-order valence-electron chi connectivity index (χ0n) is 8.55. The highest BCUT2D eigenvalue weighted by molar-refractivity contribution is 9.10. The van der Waals surface area contributed by atoms with E-state index in [-0.39, 0.29) is 5.82 Å². The highest BCUT2D eigenvalue weighted by atomic mass is 79.9. The number of hydrogen-bond donors (Lipinski definition) is 1. The first-order valence-corrected chi connectivity index (χ1v) is 6.17. The Balaban J connectivity index is 2.32. The van der Waals surface area contributed by atoms with Crippen LogP contribution in [-0.2, 0) is 0 Å². The minimum absolute atomic E-state index is 0.108. The zero-order chi connectivity index (χ0) is 10.8. The lowest BCUT2D eigenvalue weighted by atomic mass is 9.89. The molecule has 1 nitrogen and oxygen atoms in total. The van der Waals surface area contributed by atoms with E-state index in [0.29, 0.717) is 22.9 Å². The Morgan fingerprint density at radius 2 is 2.20 bits per heavy atom. The van der Waals surface area contributed by atoms with Crippen molar-refractivity contribution in [3.05, 3.63) is 34.1 Å². The summed E-state index contributed by atoms with van der Waals surface area (Å²) in [6, 6.07) is 5.53. The molecule has 0 aliphatic heterocycles. The molecule has 0 aromatic heterocycles. The maximum atomic E-state index is 13.9. The van der Waals surface area contributed by atoms with Gasteiger partial charge in [0.2, 0.25) is 0 Å². The summed E-state index contributed by atoms with van der Waals surface area (Å²) >= 11 is 3.23. The van der Waals surface area contributed by atoms with Crippen molar-refractivity contribution in [1.29, 1.82) is 0 Å². The summed E-state index contributed by atoms with van der Waals surface area (Å²) in [5.74, 6) is 0.657. The number of hydrogen-bond acceptors (Lipinski definition) is 1. The van der Waals surface area contributed by atoms with Gasteiger partial charge in [0.1, 0.15) is 5.82 Å². The summed E-state index contributed by atoms with van der Waals surface area (Å²) in [5.41, 5.74) is 6.55. The van der Waals surface area contributed by atoms with Crippen molar-refractivity contribution < 1.29 is 4.39 Å². The van der Waals surface area contributed by atoms with Gasteiger partial charge in [-0.1, -0.05) is 18.6 Å². The van der Waals surface area contributed by atoms with Crippen molar-refractivity contribution in [2.45, 2.75) is 25.2 Å². The van der Waals surface area contributed by atoms with Crippen molar-refractivity contribution >= 4 is 15.9 Å². The first-order valence-electron chi connectivity index (χ1n) is 5.38. The van der Waals surface area contributed by atoms with Crippen molar-refractivity contribution in [2.75, 3.05) is 6.54 Å². The Morgan fingerprint density at radius 1 is 1.40 bits per heavy atom. The molecule has 1 aliphatic carbocycles. The minimum Gasteiger partial charge on any atom is -0.330 e. The van der Waals surface area contributed by atoms with Crippen LogP contribution in [0.25, 0.3) is 0 Å². The second-order valence-corrected chi connectivity index (χ2v) is 5.03. The van der Waals surface area contributed by atoms with E-state index >= 15 is 0 Å². The maximum absolute atomic E-state index is 13.9. The lowest BCUT2D eigenvalue weighted by Gasteiger charge is -2.19. The summed E-state index contributed by atoms with van der Waals surface area (Å²) in [4.78, 5) is 0. The molecule has 0 bridgehead atoms. The molecule has 0 saturated heterocycles. The van der Waals surface area contributed by atoms with Crippen molar-refractivity contribution in [1.82, 2.24) is 0 Å². The van der Waals surface area contributed by atoms with E-state index in [4.69, 9.17) is 5.73 Å². The standard InChI is InChI=1S/C12H15BrFN/c13-11-6-2-5-10(12(11)14)9-4-1-3-8(9)7-15/h2,5-6,8-9H,1,3-4,7,15H2. The second kappa shape index (κ2) is 4.62. The first kappa shape index (κ1) is 11.1. The summed E-state index contributed by atoms with van der Waals surface area (Å²) in [6.07, 6.45) is 3.36. The molecule has 2 unspecified atom stereocenters. The van der Waals surface area contributed by atoms with Crippen molar-refractivity contribution in [3.8, 4) is 0 Å². The summed E-state index contributed by atoms with van der Waals surface area (Å²) in [7, 11) is 0. The molecule has 2 N–H and O–H groups in total. The van der Waals surface area contributed by atoms with Crippen LogP contribution in [0, 0.1) is 11.7 Å².